The standard InChI is InChI=1S/C16H23NO3/c1-5-6-9-17-16(18)19-11-14-7-8-15(13(4)10-14)20-12(2)3/h4,7-8,10,12H,5-6,9,11H2,1-3H3,(H,17,18). The van der Waals surface area contributed by atoms with E-state index in [-0.39, 0.29) is 12.7 Å². The van der Waals surface area contributed by atoms with Crippen LogP contribution in [-0.4, -0.2) is 31.1 Å². The van der Waals surface area contributed by atoms with E-state index in [0.717, 1.165) is 18.4 Å². The quantitative estimate of drug-likeness (QED) is 0.351. The summed E-state index contributed by atoms with van der Waals surface area (Å²) in [6.45, 7) is 12.7. The number of unbranched alkanes of at least 4 members (excludes halogenated alkanes) is 1. The van der Waals surface area contributed by atoms with Crippen molar-refractivity contribution in [3.63, 3.8) is 0 Å². The predicted molar refractivity (Wildman–Crippen MR) is 79.4 cm³/mol. The number of ketones is 1. The number of amides is 1. The zero-order valence-electron chi connectivity index (χ0n) is 12.4. The van der Waals surface area contributed by atoms with Gasteiger partial charge in [-0.05, 0) is 12.5 Å². The Morgan fingerprint density at radius 3 is 2.80 bits per heavy atom. The molecule has 0 aromatic rings. The molecule has 20 heavy (non-hydrogen) atoms. The van der Waals surface area contributed by atoms with E-state index in [1.165, 1.54) is 0 Å². The van der Waals surface area contributed by atoms with Crippen LogP contribution in [0.4, 0.5) is 4.79 Å². The Kier molecular flexibility index (Phi) is 6.77. The smallest absolute Gasteiger partial charge is 0.407 e. The molecule has 0 aromatic heterocycles. The topological polar surface area (TPSA) is 49.6 Å². The minimum Gasteiger partial charge on any atom is -0.446 e. The molecule has 0 atom stereocenters. The average molecular weight is 277 g/mol. The van der Waals surface area contributed by atoms with Gasteiger partial charge in [-0.1, -0.05) is 30.6 Å². The third-order valence-corrected chi connectivity index (χ3v) is 2.61. The van der Waals surface area contributed by atoms with Crippen LogP contribution in [0.5, 0.6) is 0 Å². The van der Waals surface area contributed by atoms with Gasteiger partial charge in [-0.3, -0.25) is 0 Å². The van der Waals surface area contributed by atoms with Crippen LogP contribution < -0.4 is 5.32 Å². The van der Waals surface area contributed by atoms with E-state index in [1.807, 2.05) is 19.9 Å². The highest BCUT2D eigenvalue weighted by atomic mass is 16.5. The monoisotopic (exact) mass is 277 g/mol. The Labute approximate surface area is 120 Å². The molecule has 1 N–H and O–H groups in total. The minimum absolute atomic E-state index is 0.0729. The second-order valence-corrected chi connectivity index (χ2v) is 4.90. The zero-order chi connectivity index (χ0) is 15.0. The number of carbonyl (C=O) groups is 1. The van der Waals surface area contributed by atoms with Crippen molar-refractivity contribution >= 4 is 11.9 Å². The van der Waals surface area contributed by atoms with Crippen molar-refractivity contribution in [3.8, 4) is 0 Å². The fourth-order valence-corrected chi connectivity index (χ4v) is 1.62. The highest BCUT2D eigenvalue weighted by Crippen LogP contribution is 2.12. The molecular formula is C16H23NO3. The second-order valence-electron chi connectivity index (χ2n) is 4.90. The second kappa shape index (κ2) is 8.35. The molecule has 110 valence electrons. The highest BCUT2D eigenvalue weighted by Gasteiger charge is 2.10. The molecule has 0 fully saturated rings. The van der Waals surface area contributed by atoms with Crippen molar-refractivity contribution < 1.29 is 14.0 Å². The van der Waals surface area contributed by atoms with Crippen LogP contribution in [-0.2, 0) is 9.16 Å². The Morgan fingerprint density at radius 2 is 2.20 bits per heavy atom. The lowest BCUT2D eigenvalue weighted by atomic mass is 10.0. The molecule has 0 aromatic carbocycles. The first-order valence-electron chi connectivity index (χ1n) is 6.98. The first kappa shape index (κ1) is 16.2. The molecule has 4 nitrogen and oxygen atoms in total. The van der Waals surface area contributed by atoms with E-state index < -0.39 is 6.09 Å². The molecule has 0 unspecified atom stereocenters. The lowest BCUT2D eigenvalue weighted by molar-refractivity contribution is -0.492. The largest absolute Gasteiger partial charge is 0.446 e. The van der Waals surface area contributed by atoms with Crippen LogP contribution in [0.3, 0.4) is 0 Å². The highest BCUT2D eigenvalue weighted by molar-refractivity contribution is 6.07. The van der Waals surface area contributed by atoms with Gasteiger partial charge in [0.15, 0.2) is 0 Å². The van der Waals surface area contributed by atoms with Crippen molar-refractivity contribution in [2.24, 2.45) is 0 Å². The Hall–Kier alpha value is -1.84. The molecule has 0 spiro atoms. The number of allylic oxidation sites excluding steroid dienone is 3. The molecule has 1 amide bonds. The van der Waals surface area contributed by atoms with Gasteiger partial charge in [-0.2, -0.15) is 0 Å². The minimum atomic E-state index is -0.403. The normalized spacial score (nSPS) is 16.5. The van der Waals surface area contributed by atoms with Crippen LogP contribution in [0, 0.1) is 6.58 Å². The zero-order valence-corrected chi connectivity index (χ0v) is 12.4. The predicted octanol–water partition coefficient (Wildman–Crippen LogP) is 2.88. The fourth-order valence-electron chi connectivity index (χ4n) is 1.62. The Morgan fingerprint density at radius 1 is 1.45 bits per heavy atom. The summed E-state index contributed by atoms with van der Waals surface area (Å²) in [5, 5.41) is 2.69. The van der Waals surface area contributed by atoms with Crippen molar-refractivity contribution in [1.29, 1.82) is 0 Å². The van der Waals surface area contributed by atoms with Crippen LogP contribution in [0.25, 0.3) is 0 Å². The van der Waals surface area contributed by atoms with Gasteiger partial charge in [0, 0.05) is 20.4 Å². The van der Waals surface area contributed by atoms with E-state index in [4.69, 9.17) is 15.7 Å². The van der Waals surface area contributed by atoms with Crippen molar-refractivity contribution in [3.05, 3.63) is 36.0 Å². The number of hydrogen-bond acceptors (Lipinski definition) is 2. The van der Waals surface area contributed by atoms with Crippen LogP contribution >= 0.6 is 0 Å². The van der Waals surface area contributed by atoms with E-state index >= 15 is 0 Å². The molecule has 1 aliphatic rings. The van der Waals surface area contributed by atoms with Crippen molar-refractivity contribution in [1.82, 2.24) is 5.32 Å². The number of rotatable bonds is 6. The maximum Gasteiger partial charge on any atom is 0.407 e. The average Bonchev–Trinajstić information content (AvgIpc) is 2.39. The van der Waals surface area contributed by atoms with Crippen molar-refractivity contribution in [2.75, 3.05) is 13.2 Å². The Bertz CT molecular complexity index is 445. The van der Waals surface area contributed by atoms with Gasteiger partial charge in [-0.15, -0.1) is 6.08 Å². The summed E-state index contributed by atoms with van der Waals surface area (Å²) < 4.78 is 10.7. The third-order valence-electron chi connectivity index (χ3n) is 2.61. The summed E-state index contributed by atoms with van der Waals surface area (Å²) in [5.74, 6) is 0.649. The molecule has 0 heterocycles. The van der Waals surface area contributed by atoms with E-state index in [9.17, 15) is 4.79 Å². The molecule has 0 bridgehead atoms. The van der Waals surface area contributed by atoms with Crippen LogP contribution in [0.1, 0.15) is 33.6 Å². The van der Waals surface area contributed by atoms with E-state index in [0.29, 0.717) is 17.9 Å². The summed E-state index contributed by atoms with van der Waals surface area (Å²) in [6, 6.07) is 0. The molecule has 0 saturated heterocycles. The molecule has 0 aliphatic heterocycles. The summed E-state index contributed by atoms with van der Waals surface area (Å²) in [6.07, 6.45) is 7.05. The van der Waals surface area contributed by atoms with E-state index in [1.54, 1.807) is 12.2 Å². The van der Waals surface area contributed by atoms with Gasteiger partial charge in [0.1, 0.15) is 6.61 Å². The maximum atomic E-state index is 11.4. The van der Waals surface area contributed by atoms with Gasteiger partial charge in [-0.25, -0.2) is 11.4 Å². The molecule has 1 rings (SSSR count). The fraction of sp³-hybridized carbons (Fsp3) is 0.500. The van der Waals surface area contributed by atoms with Crippen LogP contribution in [0.2, 0.25) is 0 Å². The Balaban J connectivity index is 2.42. The number of nitrogens with one attached hydrogen (secondary N) is 1. The van der Waals surface area contributed by atoms with Crippen LogP contribution in [0.15, 0.2) is 29.4 Å². The van der Waals surface area contributed by atoms with Gasteiger partial charge < -0.3 is 14.5 Å². The first-order chi connectivity index (χ1) is 9.52. The van der Waals surface area contributed by atoms with Crippen molar-refractivity contribution in [2.45, 2.75) is 39.7 Å². The first-order valence-corrected chi connectivity index (χ1v) is 6.98. The maximum absolute atomic E-state index is 11.4. The van der Waals surface area contributed by atoms with Gasteiger partial charge in [0.05, 0.1) is 0 Å². The van der Waals surface area contributed by atoms with Gasteiger partial charge in [0.2, 0.25) is 5.78 Å². The number of ether oxygens (including phenoxy) is 1. The summed E-state index contributed by atoms with van der Waals surface area (Å²) >= 11 is 0. The SMILES string of the molecule is [CH-]=C1C=C(COC(=O)NCCCC)C=CC1=[O+]C(C)C. The summed E-state index contributed by atoms with van der Waals surface area (Å²) in [7, 11) is 0. The molecule has 4 heteroatoms. The summed E-state index contributed by atoms with van der Waals surface area (Å²) in [4.78, 5) is 11.4. The molecular weight excluding hydrogens is 254 g/mol. The molecule has 1 aliphatic carbocycles. The number of alkyl carbamates (subject to hydrolysis) is 1. The third kappa shape index (κ3) is 5.87. The summed E-state index contributed by atoms with van der Waals surface area (Å²) in [5.41, 5.74) is 1.38. The lowest BCUT2D eigenvalue weighted by Crippen LogP contribution is -2.26. The lowest BCUT2D eigenvalue weighted by Gasteiger charge is -2.13. The van der Waals surface area contributed by atoms with Gasteiger partial charge >= 0.3 is 6.09 Å². The number of carbonyl (C=O) groups excluding carboxylic acids is 2. The number of hydrogen-bond donors (Lipinski definition) is 1. The van der Waals surface area contributed by atoms with Gasteiger partial charge in [0.25, 0.3) is 6.10 Å². The molecule has 0 radical (unpaired) electrons. The molecule has 0 saturated carbocycles. The van der Waals surface area contributed by atoms with E-state index in [2.05, 4.69) is 12.2 Å².